The molecule has 10 aromatic rings. The summed E-state index contributed by atoms with van der Waals surface area (Å²) in [6.45, 7) is 0. The monoisotopic (exact) mass is 679 g/mol. The first-order chi connectivity index (χ1) is 25.8. The van der Waals surface area contributed by atoms with Gasteiger partial charge < -0.3 is 4.90 Å². The minimum atomic E-state index is 1.11. The number of hydrogen-bond acceptors (Lipinski definition) is 2. The van der Waals surface area contributed by atoms with Gasteiger partial charge in [0.1, 0.15) is 0 Å². The smallest absolute Gasteiger partial charge is 0.0540 e. The third-order valence-electron chi connectivity index (χ3n) is 10.2. The molecule has 0 fully saturated rings. The van der Waals surface area contributed by atoms with Gasteiger partial charge in [-0.2, -0.15) is 0 Å². The van der Waals surface area contributed by atoms with E-state index in [9.17, 15) is 0 Å². The van der Waals surface area contributed by atoms with Crippen molar-refractivity contribution in [2.45, 2.75) is 0 Å². The zero-order valence-electron chi connectivity index (χ0n) is 28.4. The highest BCUT2D eigenvalue weighted by Gasteiger charge is 2.19. The number of para-hydroxylation sites is 1. The summed E-state index contributed by atoms with van der Waals surface area (Å²) in [4.78, 5) is 2.43. The van der Waals surface area contributed by atoms with Gasteiger partial charge in [0.25, 0.3) is 0 Å². The average molecular weight is 680 g/mol. The van der Waals surface area contributed by atoms with Crippen LogP contribution in [0, 0.1) is 0 Å². The highest BCUT2D eigenvalue weighted by atomic mass is 32.1. The summed E-state index contributed by atoms with van der Waals surface area (Å²) < 4.78 is 2.64. The van der Waals surface area contributed by atoms with Crippen molar-refractivity contribution < 1.29 is 0 Å². The summed E-state index contributed by atoms with van der Waals surface area (Å²) in [7, 11) is 0. The second-order valence-electron chi connectivity index (χ2n) is 13.4. The number of nitrogens with zero attached hydrogens (tertiary/aromatic N) is 1. The van der Waals surface area contributed by atoms with Crippen molar-refractivity contribution in [3.8, 4) is 33.4 Å². The first kappa shape index (κ1) is 30.4. The van der Waals surface area contributed by atoms with Crippen molar-refractivity contribution in [1.82, 2.24) is 0 Å². The Morgan fingerprint density at radius 2 is 0.885 bits per heavy atom. The standard InChI is InChI=1S/C50H33NS/c1-2-14-36-30-40(27-26-34(36)12-1)45-21-5-7-24-48(45)51(42-19-10-17-39(32-42)44-23-11-15-35-13-3-4-20-43(35)44)41-18-9-16-37(31-41)38-28-29-47-46-22-6-8-25-49(46)52-50(47)33-38/h1-33H. The van der Waals surface area contributed by atoms with Crippen LogP contribution in [0.5, 0.6) is 0 Å². The molecule has 9 aromatic carbocycles. The quantitative estimate of drug-likeness (QED) is 0.169. The van der Waals surface area contributed by atoms with Gasteiger partial charge in [-0.05, 0) is 97.9 Å². The van der Waals surface area contributed by atoms with Crippen LogP contribution >= 0.6 is 11.3 Å². The molecule has 10 rings (SSSR count). The second kappa shape index (κ2) is 12.7. The Bertz CT molecular complexity index is 2930. The number of fused-ring (bicyclic) bond motifs is 5. The van der Waals surface area contributed by atoms with Crippen molar-refractivity contribution >= 4 is 70.1 Å². The molecular weight excluding hydrogens is 647 g/mol. The summed E-state index contributed by atoms with van der Waals surface area (Å²) in [5.74, 6) is 0. The highest BCUT2D eigenvalue weighted by Crippen LogP contribution is 2.44. The third kappa shape index (κ3) is 5.33. The van der Waals surface area contributed by atoms with E-state index in [4.69, 9.17) is 0 Å². The van der Waals surface area contributed by atoms with Gasteiger partial charge in [0.05, 0.1) is 5.69 Å². The molecule has 0 N–H and O–H groups in total. The molecule has 0 spiro atoms. The summed E-state index contributed by atoms with van der Waals surface area (Å²) >= 11 is 1.86. The minimum Gasteiger partial charge on any atom is -0.310 e. The van der Waals surface area contributed by atoms with Crippen molar-refractivity contribution in [3.05, 3.63) is 200 Å². The maximum atomic E-state index is 2.43. The molecule has 0 radical (unpaired) electrons. The molecule has 1 aromatic heterocycles. The van der Waals surface area contributed by atoms with Crippen molar-refractivity contribution in [2.24, 2.45) is 0 Å². The van der Waals surface area contributed by atoms with Gasteiger partial charge in [-0.15, -0.1) is 11.3 Å². The molecule has 244 valence electrons. The lowest BCUT2D eigenvalue weighted by atomic mass is 9.96. The molecule has 0 unspecified atom stereocenters. The van der Waals surface area contributed by atoms with E-state index < -0.39 is 0 Å². The largest absolute Gasteiger partial charge is 0.310 e. The Morgan fingerprint density at radius 1 is 0.308 bits per heavy atom. The van der Waals surface area contributed by atoms with E-state index in [2.05, 4.69) is 205 Å². The SMILES string of the molecule is c1cc(-c2ccc3c(c2)sc2ccccc23)cc(N(c2cccc(-c3cccc4ccccc34)c2)c2ccccc2-c2ccc3ccccc3c2)c1. The van der Waals surface area contributed by atoms with Gasteiger partial charge in [-0.25, -0.2) is 0 Å². The van der Waals surface area contributed by atoms with Crippen LogP contribution in [0.15, 0.2) is 200 Å². The number of benzene rings is 9. The van der Waals surface area contributed by atoms with Gasteiger partial charge in [0.2, 0.25) is 0 Å². The van der Waals surface area contributed by atoms with E-state index in [0.29, 0.717) is 0 Å². The van der Waals surface area contributed by atoms with Crippen LogP contribution in [0.1, 0.15) is 0 Å². The molecule has 0 aliphatic rings. The van der Waals surface area contributed by atoms with Gasteiger partial charge >= 0.3 is 0 Å². The van der Waals surface area contributed by atoms with Crippen LogP contribution in [0.4, 0.5) is 17.1 Å². The predicted octanol–water partition coefficient (Wildman–Crippen LogP) is 14.8. The van der Waals surface area contributed by atoms with E-state index in [1.165, 1.54) is 75.1 Å². The number of hydrogen-bond donors (Lipinski definition) is 0. The van der Waals surface area contributed by atoms with Crippen LogP contribution in [-0.4, -0.2) is 0 Å². The van der Waals surface area contributed by atoms with Gasteiger partial charge in [-0.3, -0.25) is 0 Å². The number of thiophene rings is 1. The first-order valence-electron chi connectivity index (χ1n) is 17.8. The number of anilines is 3. The summed E-state index contributed by atoms with van der Waals surface area (Å²) in [6, 6.07) is 73.1. The van der Waals surface area contributed by atoms with Gasteiger partial charge in [0.15, 0.2) is 0 Å². The van der Waals surface area contributed by atoms with Gasteiger partial charge in [0, 0.05) is 37.1 Å². The highest BCUT2D eigenvalue weighted by molar-refractivity contribution is 7.25. The molecule has 0 atom stereocenters. The van der Waals surface area contributed by atoms with Crippen molar-refractivity contribution in [1.29, 1.82) is 0 Å². The fourth-order valence-corrected chi connectivity index (χ4v) is 8.86. The Balaban J connectivity index is 1.16. The lowest BCUT2D eigenvalue weighted by Gasteiger charge is -2.29. The zero-order valence-corrected chi connectivity index (χ0v) is 29.2. The maximum Gasteiger partial charge on any atom is 0.0540 e. The van der Waals surface area contributed by atoms with Gasteiger partial charge in [-0.1, -0.05) is 152 Å². The minimum absolute atomic E-state index is 1.11. The third-order valence-corrected chi connectivity index (χ3v) is 11.4. The summed E-state index contributed by atoms with van der Waals surface area (Å²) in [6.07, 6.45) is 0. The molecule has 52 heavy (non-hydrogen) atoms. The molecule has 1 heterocycles. The zero-order chi connectivity index (χ0) is 34.4. The molecule has 0 bridgehead atoms. The second-order valence-corrected chi connectivity index (χ2v) is 14.4. The number of rotatable bonds is 6. The fourth-order valence-electron chi connectivity index (χ4n) is 7.72. The molecule has 2 heteroatoms. The van der Waals surface area contributed by atoms with Crippen LogP contribution in [0.2, 0.25) is 0 Å². The lowest BCUT2D eigenvalue weighted by molar-refractivity contribution is 1.28. The summed E-state index contributed by atoms with van der Waals surface area (Å²) in [5, 5.41) is 7.61. The first-order valence-corrected chi connectivity index (χ1v) is 18.6. The molecule has 0 saturated carbocycles. The van der Waals surface area contributed by atoms with Crippen LogP contribution < -0.4 is 4.90 Å². The van der Waals surface area contributed by atoms with E-state index in [-0.39, 0.29) is 0 Å². The molecule has 1 nitrogen and oxygen atoms in total. The Hall–Kier alpha value is -6.48. The fraction of sp³-hybridized carbons (Fsp3) is 0. The normalized spacial score (nSPS) is 11.5. The van der Waals surface area contributed by atoms with E-state index in [1.807, 2.05) is 11.3 Å². The Morgan fingerprint density at radius 3 is 1.77 bits per heavy atom. The molecular formula is C50H33NS. The topological polar surface area (TPSA) is 3.24 Å². The average Bonchev–Trinajstić information content (AvgIpc) is 3.59. The molecule has 0 aliphatic carbocycles. The Labute approximate surface area is 307 Å². The van der Waals surface area contributed by atoms with E-state index >= 15 is 0 Å². The van der Waals surface area contributed by atoms with E-state index in [0.717, 1.165) is 17.1 Å². The predicted molar refractivity (Wildman–Crippen MR) is 225 cm³/mol. The van der Waals surface area contributed by atoms with Crippen molar-refractivity contribution in [2.75, 3.05) is 4.90 Å². The van der Waals surface area contributed by atoms with Crippen LogP contribution in [0.3, 0.4) is 0 Å². The maximum absolute atomic E-state index is 2.43. The molecule has 0 saturated heterocycles. The summed E-state index contributed by atoms with van der Waals surface area (Å²) in [5.41, 5.74) is 10.5. The van der Waals surface area contributed by atoms with Crippen LogP contribution in [-0.2, 0) is 0 Å². The van der Waals surface area contributed by atoms with Crippen LogP contribution in [0.25, 0.3) is 75.1 Å². The lowest BCUT2D eigenvalue weighted by Crippen LogP contribution is -2.11. The Kier molecular flexibility index (Phi) is 7.41. The van der Waals surface area contributed by atoms with Crippen molar-refractivity contribution in [3.63, 3.8) is 0 Å². The molecule has 0 amide bonds. The van der Waals surface area contributed by atoms with E-state index in [1.54, 1.807) is 0 Å². The molecule has 0 aliphatic heterocycles.